The van der Waals surface area contributed by atoms with Crippen LogP contribution in [0.4, 0.5) is 4.39 Å². The van der Waals surface area contributed by atoms with Crippen LogP contribution in [0.15, 0.2) is 30.5 Å². The summed E-state index contributed by atoms with van der Waals surface area (Å²) in [4.78, 5) is 22.5. The summed E-state index contributed by atoms with van der Waals surface area (Å²) in [5, 5.41) is 0. The lowest BCUT2D eigenvalue weighted by Gasteiger charge is -2.21. The quantitative estimate of drug-likeness (QED) is 0.822. The van der Waals surface area contributed by atoms with Gasteiger partial charge in [-0.1, -0.05) is 0 Å². The fourth-order valence-corrected chi connectivity index (χ4v) is 2.17. The third kappa shape index (κ3) is 4.48. The average Bonchev–Trinajstić information content (AvgIpc) is 2.53. The predicted molar refractivity (Wildman–Crippen MR) is 85.0 cm³/mol. The van der Waals surface area contributed by atoms with Gasteiger partial charge in [0.2, 0.25) is 0 Å². The van der Waals surface area contributed by atoms with Gasteiger partial charge in [0, 0.05) is 12.7 Å². The molecule has 1 heterocycles. The van der Waals surface area contributed by atoms with Crippen molar-refractivity contribution in [2.45, 2.75) is 20.8 Å². The number of hydrogen-bond donors (Lipinski definition) is 0. The first-order valence-electron chi connectivity index (χ1n) is 7.49. The van der Waals surface area contributed by atoms with Crippen molar-refractivity contribution in [2.24, 2.45) is 0 Å². The number of carbonyl (C=O) groups excluding carboxylic acids is 1. The molecule has 0 aliphatic rings. The summed E-state index contributed by atoms with van der Waals surface area (Å²) in [6.45, 7) is 6.80. The van der Waals surface area contributed by atoms with Crippen LogP contribution >= 0.6 is 0 Å². The number of nitrogens with zero attached hydrogens (tertiary/aromatic N) is 3. The van der Waals surface area contributed by atoms with Crippen molar-refractivity contribution in [3.8, 4) is 5.75 Å². The van der Waals surface area contributed by atoms with Gasteiger partial charge in [0.25, 0.3) is 5.91 Å². The highest BCUT2D eigenvalue weighted by molar-refractivity contribution is 5.94. The van der Waals surface area contributed by atoms with Gasteiger partial charge in [0.05, 0.1) is 17.8 Å². The Kier molecular flexibility index (Phi) is 5.62. The Labute approximate surface area is 135 Å². The molecule has 6 heteroatoms. The van der Waals surface area contributed by atoms with E-state index in [1.165, 1.54) is 12.1 Å². The molecule has 0 N–H and O–H groups in total. The van der Waals surface area contributed by atoms with Gasteiger partial charge in [-0.05, 0) is 45.0 Å². The van der Waals surface area contributed by atoms with E-state index in [1.807, 2.05) is 6.92 Å². The SMILES string of the molecule is CCN(CCOc1ccc(F)cc1)C(=O)c1cnc(C)nc1C. The normalized spacial score (nSPS) is 10.4. The van der Waals surface area contributed by atoms with E-state index in [-0.39, 0.29) is 11.7 Å². The van der Waals surface area contributed by atoms with Gasteiger partial charge in [0.1, 0.15) is 24.0 Å². The lowest BCUT2D eigenvalue weighted by Crippen LogP contribution is -2.35. The first-order chi connectivity index (χ1) is 11.0. The highest BCUT2D eigenvalue weighted by Gasteiger charge is 2.17. The number of aryl methyl sites for hydroxylation is 2. The van der Waals surface area contributed by atoms with Crippen LogP contribution in [0.5, 0.6) is 5.75 Å². The lowest BCUT2D eigenvalue weighted by atomic mass is 10.2. The minimum Gasteiger partial charge on any atom is -0.492 e. The molecule has 2 aromatic rings. The fraction of sp³-hybridized carbons (Fsp3) is 0.353. The maximum Gasteiger partial charge on any atom is 0.257 e. The lowest BCUT2D eigenvalue weighted by molar-refractivity contribution is 0.0738. The van der Waals surface area contributed by atoms with Gasteiger partial charge in [-0.25, -0.2) is 14.4 Å². The zero-order valence-electron chi connectivity index (χ0n) is 13.5. The zero-order chi connectivity index (χ0) is 16.8. The van der Waals surface area contributed by atoms with Gasteiger partial charge in [-0.2, -0.15) is 0 Å². The van der Waals surface area contributed by atoms with Crippen LogP contribution in [-0.2, 0) is 0 Å². The second-order valence-electron chi connectivity index (χ2n) is 5.10. The topological polar surface area (TPSA) is 55.3 Å². The van der Waals surface area contributed by atoms with E-state index in [1.54, 1.807) is 37.1 Å². The number of rotatable bonds is 6. The van der Waals surface area contributed by atoms with Crippen LogP contribution < -0.4 is 4.74 Å². The van der Waals surface area contributed by atoms with E-state index in [4.69, 9.17) is 4.74 Å². The number of carbonyl (C=O) groups is 1. The number of amides is 1. The van der Waals surface area contributed by atoms with Crippen molar-refractivity contribution in [1.29, 1.82) is 0 Å². The van der Waals surface area contributed by atoms with Gasteiger partial charge in [-0.3, -0.25) is 4.79 Å². The summed E-state index contributed by atoms with van der Waals surface area (Å²) in [5.74, 6) is 0.789. The Balaban J connectivity index is 1.96. The van der Waals surface area contributed by atoms with Crippen LogP contribution in [0.3, 0.4) is 0 Å². The van der Waals surface area contributed by atoms with E-state index < -0.39 is 0 Å². The number of ether oxygens (including phenoxy) is 1. The molecule has 1 amide bonds. The maximum atomic E-state index is 12.8. The molecule has 0 atom stereocenters. The van der Waals surface area contributed by atoms with E-state index in [2.05, 4.69) is 9.97 Å². The van der Waals surface area contributed by atoms with Crippen molar-refractivity contribution in [3.05, 3.63) is 53.4 Å². The van der Waals surface area contributed by atoms with Gasteiger partial charge in [-0.15, -0.1) is 0 Å². The van der Waals surface area contributed by atoms with Crippen LogP contribution in [0.1, 0.15) is 28.8 Å². The summed E-state index contributed by atoms with van der Waals surface area (Å²) >= 11 is 0. The van der Waals surface area contributed by atoms with E-state index in [9.17, 15) is 9.18 Å². The molecule has 0 unspecified atom stereocenters. The molecule has 0 saturated carbocycles. The maximum absolute atomic E-state index is 12.8. The van der Waals surface area contributed by atoms with Crippen molar-refractivity contribution < 1.29 is 13.9 Å². The summed E-state index contributed by atoms with van der Waals surface area (Å²) in [6, 6.07) is 5.80. The molecule has 2 rings (SSSR count). The second kappa shape index (κ2) is 7.67. The Morgan fingerprint density at radius 3 is 2.57 bits per heavy atom. The van der Waals surface area contributed by atoms with Gasteiger partial charge < -0.3 is 9.64 Å². The standard InChI is InChI=1S/C17H20FN3O2/c1-4-21(9-10-23-15-7-5-14(18)6-8-15)17(22)16-11-19-13(3)20-12(16)2/h5-8,11H,4,9-10H2,1-3H3. The molecule has 0 spiro atoms. The monoisotopic (exact) mass is 317 g/mol. The minimum absolute atomic E-state index is 0.118. The van der Waals surface area contributed by atoms with Crippen molar-refractivity contribution in [2.75, 3.05) is 19.7 Å². The van der Waals surface area contributed by atoms with Gasteiger partial charge in [0.15, 0.2) is 0 Å². The van der Waals surface area contributed by atoms with Crippen molar-refractivity contribution >= 4 is 5.91 Å². The molecular weight excluding hydrogens is 297 g/mol. The van der Waals surface area contributed by atoms with Crippen LogP contribution in [-0.4, -0.2) is 40.5 Å². The molecule has 23 heavy (non-hydrogen) atoms. The molecule has 0 saturated heterocycles. The van der Waals surface area contributed by atoms with E-state index in [0.717, 1.165) is 0 Å². The molecule has 1 aromatic carbocycles. The highest BCUT2D eigenvalue weighted by Crippen LogP contribution is 2.12. The summed E-state index contributed by atoms with van der Waals surface area (Å²) in [5.41, 5.74) is 1.17. The van der Waals surface area contributed by atoms with Gasteiger partial charge >= 0.3 is 0 Å². The van der Waals surface area contributed by atoms with Crippen molar-refractivity contribution in [1.82, 2.24) is 14.9 Å². The van der Waals surface area contributed by atoms with E-state index >= 15 is 0 Å². The number of hydrogen-bond acceptors (Lipinski definition) is 4. The Hall–Kier alpha value is -2.50. The Bertz CT molecular complexity index is 674. The molecule has 0 aliphatic carbocycles. The molecular formula is C17H20FN3O2. The summed E-state index contributed by atoms with van der Waals surface area (Å²) in [6.07, 6.45) is 1.56. The number of halogens is 1. The minimum atomic E-state index is -0.308. The molecule has 0 bridgehead atoms. The zero-order valence-corrected chi connectivity index (χ0v) is 13.5. The second-order valence-corrected chi connectivity index (χ2v) is 5.10. The number of likely N-dealkylation sites (N-methyl/N-ethyl adjacent to an activating group) is 1. The molecule has 0 aliphatic heterocycles. The molecule has 5 nitrogen and oxygen atoms in total. The van der Waals surface area contributed by atoms with Crippen LogP contribution in [0.25, 0.3) is 0 Å². The Morgan fingerprint density at radius 1 is 1.26 bits per heavy atom. The molecule has 0 radical (unpaired) electrons. The van der Waals surface area contributed by atoms with Crippen LogP contribution in [0.2, 0.25) is 0 Å². The fourth-order valence-electron chi connectivity index (χ4n) is 2.17. The first-order valence-corrected chi connectivity index (χ1v) is 7.49. The molecule has 122 valence electrons. The number of benzene rings is 1. The van der Waals surface area contributed by atoms with Crippen LogP contribution in [0, 0.1) is 19.7 Å². The summed E-state index contributed by atoms with van der Waals surface area (Å²) in [7, 11) is 0. The molecule has 0 fully saturated rings. The largest absolute Gasteiger partial charge is 0.492 e. The predicted octanol–water partition coefficient (Wildman–Crippen LogP) is 2.77. The smallest absolute Gasteiger partial charge is 0.257 e. The molecule has 1 aromatic heterocycles. The first kappa shape index (κ1) is 16.9. The average molecular weight is 317 g/mol. The number of aromatic nitrogens is 2. The third-order valence-electron chi connectivity index (χ3n) is 3.44. The highest BCUT2D eigenvalue weighted by atomic mass is 19.1. The van der Waals surface area contributed by atoms with Crippen molar-refractivity contribution in [3.63, 3.8) is 0 Å². The Morgan fingerprint density at radius 2 is 1.96 bits per heavy atom. The summed E-state index contributed by atoms with van der Waals surface area (Å²) < 4.78 is 18.4. The third-order valence-corrected chi connectivity index (χ3v) is 3.44. The van der Waals surface area contributed by atoms with E-state index in [0.29, 0.717) is 42.5 Å².